The van der Waals surface area contributed by atoms with Crippen molar-refractivity contribution in [2.75, 3.05) is 6.54 Å². The van der Waals surface area contributed by atoms with Crippen molar-refractivity contribution in [2.45, 2.75) is 19.8 Å². The minimum absolute atomic E-state index is 0.272. The van der Waals surface area contributed by atoms with Crippen molar-refractivity contribution in [1.82, 2.24) is 0 Å². The maximum Gasteiger partial charge on any atom is 0.129 e. The summed E-state index contributed by atoms with van der Waals surface area (Å²) in [5.41, 5.74) is 6.89. The predicted octanol–water partition coefficient (Wildman–Crippen LogP) is 2.85. The fourth-order valence-electron chi connectivity index (χ4n) is 1.55. The van der Waals surface area contributed by atoms with Gasteiger partial charge in [-0.3, -0.25) is 0 Å². The topological polar surface area (TPSA) is 46.2 Å². The van der Waals surface area contributed by atoms with Crippen LogP contribution in [-0.4, -0.2) is 11.7 Å². The molecule has 14 heavy (non-hydrogen) atoms. The third-order valence-electron chi connectivity index (χ3n) is 2.46. The lowest BCUT2D eigenvalue weighted by Gasteiger charge is -2.19. The summed E-state index contributed by atoms with van der Waals surface area (Å²) in [6.07, 6.45) is 0. The van der Waals surface area contributed by atoms with E-state index in [-0.39, 0.29) is 5.75 Å². The molecule has 0 amide bonds. The standard InChI is InChI=1S/C11H16BrNO/c1-7(2)9(6-13)8-3-4-11(14)10(12)5-8/h3-5,7,9,14H,6,13H2,1-2H3. The molecule has 0 fully saturated rings. The molecule has 1 aromatic carbocycles. The molecule has 0 aliphatic carbocycles. The molecule has 78 valence electrons. The van der Waals surface area contributed by atoms with Gasteiger partial charge in [0.2, 0.25) is 0 Å². The minimum Gasteiger partial charge on any atom is -0.507 e. The second-order valence-electron chi connectivity index (χ2n) is 3.80. The zero-order valence-electron chi connectivity index (χ0n) is 8.50. The van der Waals surface area contributed by atoms with Gasteiger partial charge in [-0.05, 0) is 52.0 Å². The first-order valence-corrected chi connectivity index (χ1v) is 5.54. The van der Waals surface area contributed by atoms with E-state index in [0.717, 1.165) is 4.47 Å². The SMILES string of the molecule is CC(C)C(CN)c1ccc(O)c(Br)c1. The van der Waals surface area contributed by atoms with Crippen molar-refractivity contribution in [3.63, 3.8) is 0 Å². The highest BCUT2D eigenvalue weighted by atomic mass is 79.9. The van der Waals surface area contributed by atoms with Gasteiger partial charge in [0.05, 0.1) is 4.47 Å². The summed E-state index contributed by atoms with van der Waals surface area (Å²) in [6.45, 7) is 4.94. The summed E-state index contributed by atoms with van der Waals surface area (Å²) in [4.78, 5) is 0. The number of phenolic OH excluding ortho intramolecular Hbond substituents is 1. The first-order valence-electron chi connectivity index (χ1n) is 4.74. The summed E-state index contributed by atoms with van der Waals surface area (Å²) in [5.74, 6) is 1.14. The van der Waals surface area contributed by atoms with E-state index in [1.165, 1.54) is 5.56 Å². The van der Waals surface area contributed by atoms with E-state index in [4.69, 9.17) is 5.73 Å². The van der Waals surface area contributed by atoms with Gasteiger partial charge in [0.15, 0.2) is 0 Å². The van der Waals surface area contributed by atoms with E-state index in [1.54, 1.807) is 6.07 Å². The average Bonchev–Trinajstić information content (AvgIpc) is 2.11. The van der Waals surface area contributed by atoms with Gasteiger partial charge in [0, 0.05) is 0 Å². The third-order valence-corrected chi connectivity index (χ3v) is 3.09. The van der Waals surface area contributed by atoms with Crippen molar-refractivity contribution in [3.05, 3.63) is 28.2 Å². The number of rotatable bonds is 3. The van der Waals surface area contributed by atoms with Crippen LogP contribution >= 0.6 is 15.9 Å². The molecule has 0 aliphatic heterocycles. The highest BCUT2D eigenvalue weighted by molar-refractivity contribution is 9.10. The summed E-state index contributed by atoms with van der Waals surface area (Å²) in [6, 6.07) is 5.56. The Morgan fingerprint density at radius 3 is 2.50 bits per heavy atom. The second-order valence-corrected chi connectivity index (χ2v) is 4.65. The van der Waals surface area contributed by atoms with E-state index in [2.05, 4.69) is 29.8 Å². The summed E-state index contributed by atoms with van der Waals surface area (Å²) in [5, 5.41) is 9.36. The van der Waals surface area contributed by atoms with Crippen molar-refractivity contribution in [3.8, 4) is 5.75 Å². The van der Waals surface area contributed by atoms with Gasteiger partial charge in [-0.2, -0.15) is 0 Å². The van der Waals surface area contributed by atoms with Gasteiger partial charge in [0.25, 0.3) is 0 Å². The fourth-order valence-corrected chi connectivity index (χ4v) is 1.94. The molecule has 3 N–H and O–H groups in total. The molecule has 0 saturated heterocycles. The maximum atomic E-state index is 9.36. The number of hydrogen-bond donors (Lipinski definition) is 2. The maximum absolute atomic E-state index is 9.36. The first kappa shape index (κ1) is 11.5. The molecule has 2 nitrogen and oxygen atoms in total. The monoisotopic (exact) mass is 257 g/mol. The van der Waals surface area contributed by atoms with Crippen molar-refractivity contribution < 1.29 is 5.11 Å². The van der Waals surface area contributed by atoms with Gasteiger partial charge in [-0.25, -0.2) is 0 Å². The van der Waals surface area contributed by atoms with Crippen LogP contribution in [0, 0.1) is 5.92 Å². The molecule has 0 radical (unpaired) electrons. The third kappa shape index (κ3) is 2.49. The van der Waals surface area contributed by atoms with Crippen molar-refractivity contribution in [1.29, 1.82) is 0 Å². The van der Waals surface area contributed by atoms with Gasteiger partial charge in [-0.1, -0.05) is 19.9 Å². The van der Waals surface area contributed by atoms with Crippen LogP contribution < -0.4 is 5.73 Å². The van der Waals surface area contributed by atoms with Gasteiger partial charge < -0.3 is 10.8 Å². The highest BCUT2D eigenvalue weighted by Gasteiger charge is 2.14. The number of nitrogens with two attached hydrogens (primary N) is 1. The van der Waals surface area contributed by atoms with E-state index < -0.39 is 0 Å². The van der Waals surface area contributed by atoms with Crippen LogP contribution in [0.25, 0.3) is 0 Å². The Morgan fingerprint density at radius 2 is 2.07 bits per heavy atom. The van der Waals surface area contributed by atoms with E-state index in [9.17, 15) is 5.11 Å². The first-order chi connectivity index (χ1) is 6.56. The summed E-state index contributed by atoms with van der Waals surface area (Å²) in [7, 11) is 0. The average molecular weight is 258 g/mol. The molecule has 3 heteroatoms. The molecule has 0 saturated carbocycles. The van der Waals surface area contributed by atoms with E-state index >= 15 is 0 Å². The molecule has 1 aromatic rings. The number of aromatic hydroxyl groups is 1. The Balaban J connectivity index is 3.00. The fraction of sp³-hybridized carbons (Fsp3) is 0.455. The van der Waals surface area contributed by atoms with Crippen molar-refractivity contribution >= 4 is 15.9 Å². The van der Waals surface area contributed by atoms with Crippen LogP contribution in [-0.2, 0) is 0 Å². The molecule has 0 spiro atoms. The Bertz CT molecular complexity index is 312. The van der Waals surface area contributed by atoms with Crippen LogP contribution in [0.4, 0.5) is 0 Å². The Labute approximate surface area is 93.3 Å². The minimum atomic E-state index is 0.272. The normalized spacial score (nSPS) is 13.2. The van der Waals surface area contributed by atoms with E-state index in [0.29, 0.717) is 18.4 Å². The van der Waals surface area contributed by atoms with Crippen LogP contribution in [0.15, 0.2) is 22.7 Å². The molecule has 1 rings (SSSR count). The van der Waals surface area contributed by atoms with Crippen LogP contribution in [0.5, 0.6) is 5.75 Å². The number of phenols is 1. The second kappa shape index (κ2) is 4.80. The molecule has 0 aliphatic rings. The number of halogens is 1. The van der Waals surface area contributed by atoms with Gasteiger partial charge in [-0.15, -0.1) is 0 Å². The Kier molecular flexibility index (Phi) is 3.96. The quantitative estimate of drug-likeness (QED) is 0.875. The predicted molar refractivity (Wildman–Crippen MR) is 62.4 cm³/mol. The van der Waals surface area contributed by atoms with Crippen LogP contribution in [0.1, 0.15) is 25.3 Å². The Hall–Kier alpha value is -0.540. The van der Waals surface area contributed by atoms with Crippen LogP contribution in [0.2, 0.25) is 0 Å². The molecular formula is C11H16BrNO. The smallest absolute Gasteiger partial charge is 0.129 e. The summed E-state index contributed by atoms with van der Waals surface area (Å²) >= 11 is 3.30. The van der Waals surface area contributed by atoms with Crippen molar-refractivity contribution in [2.24, 2.45) is 11.7 Å². The molecule has 1 atom stereocenters. The lowest BCUT2D eigenvalue weighted by atomic mass is 9.89. The van der Waals surface area contributed by atoms with Gasteiger partial charge in [0.1, 0.15) is 5.75 Å². The number of benzene rings is 1. The zero-order chi connectivity index (χ0) is 10.7. The number of hydrogen-bond acceptors (Lipinski definition) is 2. The molecule has 0 heterocycles. The molecule has 0 aromatic heterocycles. The Morgan fingerprint density at radius 1 is 1.43 bits per heavy atom. The largest absolute Gasteiger partial charge is 0.507 e. The van der Waals surface area contributed by atoms with Gasteiger partial charge >= 0.3 is 0 Å². The van der Waals surface area contributed by atoms with E-state index in [1.807, 2.05) is 12.1 Å². The lowest BCUT2D eigenvalue weighted by molar-refractivity contribution is 0.469. The summed E-state index contributed by atoms with van der Waals surface area (Å²) < 4.78 is 0.731. The zero-order valence-corrected chi connectivity index (χ0v) is 10.1. The molecular weight excluding hydrogens is 242 g/mol. The molecule has 1 unspecified atom stereocenters. The lowest BCUT2D eigenvalue weighted by Crippen LogP contribution is -2.17. The van der Waals surface area contributed by atoms with Crippen LogP contribution in [0.3, 0.4) is 0 Å². The molecule has 0 bridgehead atoms. The highest BCUT2D eigenvalue weighted by Crippen LogP contribution is 2.30.